The summed E-state index contributed by atoms with van der Waals surface area (Å²) in [7, 11) is 0. The van der Waals surface area contributed by atoms with Crippen LogP contribution in [0.2, 0.25) is 0 Å². The van der Waals surface area contributed by atoms with E-state index in [0.717, 1.165) is 29.3 Å². The number of nitrogens with zero attached hydrogens (tertiary/aromatic N) is 1. The Labute approximate surface area is 170 Å². The first-order valence-corrected chi connectivity index (χ1v) is 9.71. The van der Waals surface area contributed by atoms with Crippen molar-refractivity contribution in [2.45, 2.75) is 13.8 Å². The molecule has 0 spiro atoms. The maximum atomic E-state index is 14.3. The monoisotopic (exact) mass is 410 g/mol. The Morgan fingerprint density at radius 2 is 1.72 bits per heavy atom. The third kappa shape index (κ3) is 3.34. The minimum Gasteiger partial charge on any atom is -0.350 e. The van der Waals surface area contributed by atoms with Crippen molar-refractivity contribution in [3.05, 3.63) is 87.2 Å². The van der Waals surface area contributed by atoms with Gasteiger partial charge in [-0.15, -0.1) is 11.3 Å². The highest BCUT2D eigenvalue weighted by atomic mass is 32.1. The van der Waals surface area contributed by atoms with Gasteiger partial charge in [0.2, 0.25) is 0 Å². The van der Waals surface area contributed by atoms with Crippen LogP contribution < -0.4 is 10.2 Å². The first-order chi connectivity index (χ1) is 13.9. The summed E-state index contributed by atoms with van der Waals surface area (Å²) < 4.78 is 28.0. The summed E-state index contributed by atoms with van der Waals surface area (Å²) in [5.41, 5.74) is 2.47. The normalized spacial score (nSPS) is 14.1. The summed E-state index contributed by atoms with van der Waals surface area (Å²) in [6.45, 7) is 3.90. The number of aryl methyl sites for hydroxylation is 2. The van der Waals surface area contributed by atoms with E-state index in [2.05, 4.69) is 5.32 Å². The maximum Gasteiger partial charge on any atom is 0.282 e. The fourth-order valence-corrected chi connectivity index (χ4v) is 3.90. The minimum absolute atomic E-state index is 0.0318. The van der Waals surface area contributed by atoms with Gasteiger partial charge in [0.1, 0.15) is 17.3 Å². The lowest BCUT2D eigenvalue weighted by Gasteiger charge is -2.16. The van der Waals surface area contributed by atoms with Crippen LogP contribution in [0, 0.1) is 25.5 Å². The van der Waals surface area contributed by atoms with Crippen LogP contribution in [-0.2, 0) is 9.59 Å². The van der Waals surface area contributed by atoms with Gasteiger partial charge in [-0.25, -0.2) is 13.7 Å². The quantitative estimate of drug-likeness (QED) is 0.613. The number of amides is 2. The summed E-state index contributed by atoms with van der Waals surface area (Å²) in [5, 5.41) is 4.80. The molecule has 2 aromatic carbocycles. The van der Waals surface area contributed by atoms with Crippen LogP contribution in [0.5, 0.6) is 0 Å². The molecular weight excluding hydrogens is 394 g/mol. The molecule has 0 unspecified atom stereocenters. The lowest BCUT2D eigenvalue weighted by atomic mass is 10.1. The van der Waals surface area contributed by atoms with Gasteiger partial charge >= 0.3 is 0 Å². The first kappa shape index (κ1) is 19.0. The van der Waals surface area contributed by atoms with Gasteiger partial charge in [-0.05, 0) is 60.7 Å². The number of carbonyl (C=O) groups excluding carboxylic acids is 2. The minimum atomic E-state index is -0.856. The van der Waals surface area contributed by atoms with Crippen molar-refractivity contribution in [1.82, 2.24) is 0 Å². The molecule has 7 heteroatoms. The van der Waals surface area contributed by atoms with Crippen LogP contribution in [-0.4, -0.2) is 11.8 Å². The maximum absolute atomic E-state index is 14.3. The molecule has 4 nitrogen and oxygen atoms in total. The fourth-order valence-electron chi connectivity index (χ4n) is 3.13. The molecule has 1 N–H and O–H groups in total. The number of nitrogens with one attached hydrogen (secondary N) is 1. The fraction of sp³-hybridized carbons (Fsp3) is 0.0909. The highest BCUT2D eigenvalue weighted by molar-refractivity contribution is 7.11. The van der Waals surface area contributed by atoms with Gasteiger partial charge in [-0.3, -0.25) is 9.59 Å². The number of benzene rings is 2. The van der Waals surface area contributed by atoms with Gasteiger partial charge in [0.15, 0.2) is 0 Å². The summed E-state index contributed by atoms with van der Waals surface area (Å²) in [6, 6.07) is 11.7. The van der Waals surface area contributed by atoms with E-state index in [-0.39, 0.29) is 11.3 Å². The molecule has 1 aliphatic rings. The number of hydrogen-bond acceptors (Lipinski definition) is 4. The molecule has 3 aromatic rings. The molecule has 146 valence electrons. The summed E-state index contributed by atoms with van der Waals surface area (Å²) in [6.07, 6.45) is 0. The molecule has 2 heterocycles. The number of hydrogen-bond donors (Lipinski definition) is 1. The zero-order chi connectivity index (χ0) is 20.7. The molecule has 0 aliphatic carbocycles. The molecule has 0 saturated carbocycles. The number of rotatable bonds is 4. The Hall–Kier alpha value is -3.32. The van der Waals surface area contributed by atoms with Crippen LogP contribution in [0.25, 0.3) is 5.57 Å². The van der Waals surface area contributed by atoms with Gasteiger partial charge in [0.25, 0.3) is 11.8 Å². The van der Waals surface area contributed by atoms with E-state index < -0.39 is 29.1 Å². The molecule has 0 atom stereocenters. The summed E-state index contributed by atoms with van der Waals surface area (Å²) in [4.78, 5) is 27.5. The summed E-state index contributed by atoms with van der Waals surface area (Å²) in [5.74, 6) is -3.03. The molecule has 1 aromatic heterocycles. The van der Waals surface area contributed by atoms with E-state index in [1.165, 1.54) is 11.3 Å². The summed E-state index contributed by atoms with van der Waals surface area (Å²) >= 11 is 1.29. The number of imide groups is 1. The van der Waals surface area contributed by atoms with Crippen molar-refractivity contribution in [3.8, 4) is 0 Å². The van der Waals surface area contributed by atoms with Crippen molar-refractivity contribution >= 4 is 40.1 Å². The lowest BCUT2D eigenvalue weighted by Crippen LogP contribution is -2.33. The van der Waals surface area contributed by atoms with Gasteiger partial charge in [0, 0.05) is 16.6 Å². The van der Waals surface area contributed by atoms with Gasteiger partial charge in [-0.1, -0.05) is 12.1 Å². The zero-order valence-electron chi connectivity index (χ0n) is 15.6. The van der Waals surface area contributed by atoms with E-state index >= 15 is 0 Å². The second kappa shape index (κ2) is 7.25. The van der Waals surface area contributed by atoms with Gasteiger partial charge in [-0.2, -0.15) is 0 Å². The van der Waals surface area contributed by atoms with Crippen molar-refractivity contribution < 1.29 is 18.4 Å². The molecule has 1 aliphatic heterocycles. The number of carbonyl (C=O) groups is 2. The molecular formula is C22H16F2N2O2S. The lowest BCUT2D eigenvalue weighted by molar-refractivity contribution is -0.120. The molecule has 0 bridgehead atoms. The second-order valence-electron chi connectivity index (χ2n) is 6.69. The van der Waals surface area contributed by atoms with Gasteiger partial charge in [0.05, 0.1) is 11.3 Å². The Bertz CT molecular complexity index is 1170. The average Bonchev–Trinajstić information content (AvgIpc) is 3.28. The van der Waals surface area contributed by atoms with Crippen LogP contribution >= 0.6 is 11.3 Å². The SMILES string of the molecule is Cc1ccc(NC2=C(c3cccs3)C(=O)N(c3cc(F)ccc3F)C2=O)cc1C. The highest BCUT2D eigenvalue weighted by Crippen LogP contribution is 2.36. The standard InChI is InChI=1S/C22H16F2N2O2S/c1-12-5-7-15(10-13(12)2)25-20-19(18-4-3-9-29-18)21(27)26(22(20)28)17-11-14(23)6-8-16(17)24/h3-11,25H,1-2H3. The Morgan fingerprint density at radius 3 is 2.41 bits per heavy atom. The van der Waals surface area contributed by atoms with Crippen LogP contribution in [0.3, 0.4) is 0 Å². The second-order valence-corrected chi connectivity index (χ2v) is 7.64. The smallest absolute Gasteiger partial charge is 0.282 e. The topological polar surface area (TPSA) is 49.4 Å². The number of halogens is 2. The highest BCUT2D eigenvalue weighted by Gasteiger charge is 2.41. The molecule has 4 rings (SSSR count). The predicted molar refractivity (Wildman–Crippen MR) is 110 cm³/mol. The Morgan fingerprint density at radius 1 is 0.931 bits per heavy atom. The number of thiophene rings is 1. The van der Waals surface area contributed by atoms with E-state index in [0.29, 0.717) is 15.5 Å². The number of anilines is 2. The Kier molecular flexibility index (Phi) is 4.76. The van der Waals surface area contributed by atoms with Gasteiger partial charge < -0.3 is 5.32 Å². The van der Waals surface area contributed by atoms with Crippen molar-refractivity contribution in [3.63, 3.8) is 0 Å². The third-order valence-electron chi connectivity index (χ3n) is 4.78. The van der Waals surface area contributed by atoms with E-state index in [1.807, 2.05) is 26.0 Å². The molecule has 0 fully saturated rings. The van der Waals surface area contributed by atoms with Crippen LogP contribution in [0.15, 0.2) is 59.6 Å². The third-order valence-corrected chi connectivity index (χ3v) is 5.66. The zero-order valence-corrected chi connectivity index (χ0v) is 16.4. The Balaban J connectivity index is 1.82. The van der Waals surface area contributed by atoms with E-state index in [1.54, 1.807) is 23.6 Å². The molecule has 0 radical (unpaired) electrons. The van der Waals surface area contributed by atoms with Crippen LogP contribution in [0.4, 0.5) is 20.2 Å². The molecule has 2 amide bonds. The van der Waals surface area contributed by atoms with Crippen LogP contribution in [0.1, 0.15) is 16.0 Å². The molecule has 0 saturated heterocycles. The largest absolute Gasteiger partial charge is 0.350 e. The van der Waals surface area contributed by atoms with E-state index in [4.69, 9.17) is 0 Å². The average molecular weight is 410 g/mol. The first-order valence-electron chi connectivity index (χ1n) is 8.83. The molecule has 29 heavy (non-hydrogen) atoms. The van der Waals surface area contributed by atoms with Crippen molar-refractivity contribution in [2.24, 2.45) is 0 Å². The van der Waals surface area contributed by atoms with Crippen molar-refractivity contribution in [1.29, 1.82) is 0 Å². The predicted octanol–water partition coefficient (Wildman–Crippen LogP) is 5.04. The van der Waals surface area contributed by atoms with E-state index in [9.17, 15) is 18.4 Å². The van der Waals surface area contributed by atoms with Crippen molar-refractivity contribution in [2.75, 3.05) is 10.2 Å².